The first kappa shape index (κ1) is 14.7. The lowest BCUT2D eigenvalue weighted by molar-refractivity contribution is 0.476. The minimum absolute atomic E-state index is 0.0621. The van der Waals surface area contributed by atoms with Crippen molar-refractivity contribution in [1.82, 2.24) is 4.72 Å². The molecular formula is C12H14ClF2NO2S. The summed E-state index contributed by atoms with van der Waals surface area (Å²) < 4.78 is 52.1. The molecule has 0 aromatic heterocycles. The summed E-state index contributed by atoms with van der Waals surface area (Å²) in [5.41, 5.74) is -0.0621. The second-order valence-corrected chi connectivity index (χ2v) is 6.98. The second kappa shape index (κ2) is 5.34. The molecule has 1 aromatic carbocycles. The Labute approximate surface area is 116 Å². The summed E-state index contributed by atoms with van der Waals surface area (Å²) in [6.07, 6.45) is 2.61. The highest BCUT2D eigenvalue weighted by Crippen LogP contribution is 2.48. The van der Waals surface area contributed by atoms with Gasteiger partial charge in [-0.3, -0.25) is 0 Å². The predicted molar refractivity (Wildman–Crippen MR) is 68.6 cm³/mol. The van der Waals surface area contributed by atoms with Crippen molar-refractivity contribution >= 4 is 21.6 Å². The van der Waals surface area contributed by atoms with Crippen molar-refractivity contribution in [2.24, 2.45) is 5.41 Å². The maximum absolute atomic E-state index is 13.0. The van der Waals surface area contributed by atoms with Gasteiger partial charge in [0.05, 0.1) is 4.90 Å². The van der Waals surface area contributed by atoms with Gasteiger partial charge in [0.2, 0.25) is 10.0 Å². The van der Waals surface area contributed by atoms with Crippen molar-refractivity contribution in [2.75, 3.05) is 12.4 Å². The fourth-order valence-corrected chi connectivity index (χ4v) is 3.44. The molecule has 1 fully saturated rings. The number of sulfonamides is 1. The monoisotopic (exact) mass is 309 g/mol. The number of hydrogen-bond donors (Lipinski definition) is 1. The van der Waals surface area contributed by atoms with Crippen LogP contribution in [0.4, 0.5) is 8.78 Å². The van der Waals surface area contributed by atoms with Crippen LogP contribution in [0.1, 0.15) is 19.3 Å². The predicted octanol–water partition coefficient (Wildman–Crippen LogP) is 2.65. The van der Waals surface area contributed by atoms with Crippen molar-refractivity contribution in [1.29, 1.82) is 0 Å². The molecule has 3 nitrogen and oxygen atoms in total. The number of alkyl halides is 1. The zero-order valence-corrected chi connectivity index (χ0v) is 11.7. The number of rotatable bonds is 6. The molecule has 1 aliphatic carbocycles. The maximum atomic E-state index is 13.0. The highest BCUT2D eigenvalue weighted by atomic mass is 35.5. The summed E-state index contributed by atoms with van der Waals surface area (Å²) in [5, 5.41) is 0. The third kappa shape index (κ3) is 3.43. The standard InChI is InChI=1S/C12H14ClF2NO2S/c13-6-5-12(3-4-12)8-16-19(17,18)9-1-2-10(14)11(15)7-9/h1-2,7,16H,3-6,8H2. The second-order valence-electron chi connectivity index (χ2n) is 4.84. The van der Waals surface area contributed by atoms with Crippen LogP contribution in [-0.2, 0) is 10.0 Å². The van der Waals surface area contributed by atoms with Gasteiger partial charge in [0.15, 0.2) is 11.6 Å². The molecule has 0 spiro atoms. The molecule has 19 heavy (non-hydrogen) atoms. The van der Waals surface area contributed by atoms with Crippen molar-refractivity contribution in [3.63, 3.8) is 0 Å². The smallest absolute Gasteiger partial charge is 0.211 e. The lowest BCUT2D eigenvalue weighted by atomic mass is 10.1. The first-order valence-corrected chi connectivity index (χ1v) is 7.91. The Kier molecular flexibility index (Phi) is 4.13. The van der Waals surface area contributed by atoms with Gasteiger partial charge in [0.1, 0.15) is 0 Å². The molecule has 0 saturated heterocycles. The van der Waals surface area contributed by atoms with Crippen molar-refractivity contribution in [3.8, 4) is 0 Å². The van der Waals surface area contributed by atoms with Gasteiger partial charge in [0.25, 0.3) is 0 Å². The zero-order chi connectivity index (χ0) is 14.1. The molecule has 0 bridgehead atoms. The molecule has 0 unspecified atom stereocenters. The molecule has 1 aliphatic rings. The van der Waals surface area contributed by atoms with Gasteiger partial charge in [-0.25, -0.2) is 21.9 Å². The highest BCUT2D eigenvalue weighted by molar-refractivity contribution is 7.89. The lowest BCUT2D eigenvalue weighted by Crippen LogP contribution is -2.30. The molecule has 0 atom stereocenters. The Balaban J connectivity index is 2.08. The largest absolute Gasteiger partial charge is 0.240 e. The average Bonchev–Trinajstić information content (AvgIpc) is 3.11. The molecule has 0 heterocycles. The molecule has 0 aliphatic heterocycles. The van der Waals surface area contributed by atoms with E-state index >= 15 is 0 Å². The Morgan fingerprint density at radius 3 is 2.47 bits per heavy atom. The van der Waals surface area contributed by atoms with Crippen LogP contribution in [0.5, 0.6) is 0 Å². The van der Waals surface area contributed by atoms with E-state index in [2.05, 4.69) is 4.72 Å². The van der Waals surface area contributed by atoms with E-state index < -0.39 is 21.7 Å². The third-order valence-corrected chi connectivity index (χ3v) is 5.01. The fourth-order valence-electron chi connectivity index (χ4n) is 1.87. The molecule has 7 heteroatoms. The molecule has 2 rings (SSSR count). The summed E-state index contributed by atoms with van der Waals surface area (Å²) in [5.74, 6) is -1.77. The Hall–Kier alpha value is -0.720. The molecule has 106 valence electrons. The lowest BCUT2D eigenvalue weighted by Gasteiger charge is -2.14. The van der Waals surface area contributed by atoms with Crippen molar-refractivity contribution in [3.05, 3.63) is 29.8 Å². The van der Waals surface area contributed by atoms with Crippen LogP contribution in [0.15, 0.2) is 23.1 Å². The Morgan fingerprint density at radius 2 is 1.95 bits per heavy atom. The van der Waals surface area contributed by atoms with E-state index in [4.69, 9.17) is 11.6 Å². The zero-order valence-electron chi connectivity index (χ0n) is 10.1. The quantitative estimate of drug-likeness (QED) is 0.821. The summed E-state index contributed by atoms with van der Waals surface area (Å²) in [7, 11) is -3.81. The average molecular weight is 310 g/mol. The first-order chi connectivity index (χ1) is 8.88. The fraction of sp³-hybridized carbons (Fsp3) is 0.500. The van der Waals surface area contributed by atoms with Gasteiger partial charge >= 0.3 is 0 Å². The van der Waals surface area contributed by atoms with Crippen molar-refractivity contribution < 1.29 is 17.2 Å². The third-order valence-electron chi connectivity index (χ3n) is 3.42. The summed E-state index contributed by atoms with van der Waals surface area (Å²) in [6.45, 7) is 0.279. The van der Waals surface area contributed by atoms with Gasteiger partial charge in [-0.1, -0.05) is 0 Å². The van der Waals surface area contributed by atoms with E-state index in [-0.39, 0.29) is 16.9 Å². The van der Waals surface area contributed by atoms with Gasteiger partial charge < -0.3 is 0 Å². The van der Waals surface area contributed by atoms with E-state index in [0.29, 0.717) is 11.9 Å². The first-order valence-electron chi connectivity index (χ1n) is 5.89. The van der Waals surface area contributed by atoms with Crippen LogP contribution in [0.3, 0.4) is 0 Å². The van der Waals surface area contributed by atoms with Gasteiger partial charge in [-0.15, -0.1) is 11.6 Å². The molecule has 1 saturated carbocycles. The van der Waals surface area contributed by atoms with Gasteiger partial charge in [0, 0.05) is 12.4 Å². The van der Waals surface area contributed by atoms with Gasteiger partial charge in [-0.2, -0.15) is 0 Å². The summed E-state index contributed by atoms with van der Waals surface area (Å²) in [6, 6.07) is 2.52. The maximum Gasteiger partial charge on any atom is 0.240 e. The van der Waals surface area contributed by atoms with Crippen LogP contribution in [0, 0.1) is 17.0 Å². The number of benzene rings is 1. The molecule has 0 radical (unpaired) electrons. The van der Waals surface area contributed by atoms with Crippen LogP contribution < -0.4 is 4.72 Å². The van der Waals surface area contributed by atoms with Crippen LogP contribution in [0.2, 0.25) is 0 Å². The van der Waals surface area contributed by atoms with Crippen LogP contribution in [-0.4, -0.2) is 20.8 Å². The van der Waals surface area contributed by atoms with E-state index in [1.54, 1.807) is 0 Å². The molecular weight excluding hydrogens is 296 g/mol. The van der Waals surface area contributed by atoms with E-state index in [1.165, 1.54) is 0 Å². The van der Waals surface area contributed by atoms with Crippen LogP contribution >= 0.6 is 11.6 Å². The van der Waals surface area contributed by atoms with E-state index in [0.717, 1.165) is 31.4 Å². The number of hydrogen-bond acceptors (Lipinski definition) is 2. The van der Waals surface area contributed by atoms with Crippen LogP contribution in [0.25, 0.3) is 0 Å². The topological polar surface area (TPSA) is 46.2 Å². The van der Waals surface area contributed by atoms with Crippen molar-refractivity contribution in [2.45, 2.75) is 24.2 Å². The molecule has 1 aromatic rings. The Morgan fingerprint density at radius 1 is 1.26 bits per heavy atom. The van der Waals surface area contributed by atoms with E-state index in [1.807, 2.05) is 0 Å². The highest BCUT2D eigenvalue weighted by Gasteiger charge is 2.42. The molecule has 0 amide bonds. The number of nitrogens with one attached hydrogen (secondary N) is 1. The molecule has 1 N–H and O–H groups in total. The number of halogens is 3. The Bertz CT molecular complexity index is 573. The normalized spacial score (nSPS) is 17.4. The van der Waals surface area contributed by atoms with E-state index in [9.17, 15) is 17.2 Å². The summed E-state index contributed by atoms with van der Waals surface area (Å²) in [4.78, 5) is -0.270. The minimum Gasteiger partial charge on any atom is -0.211 e. The SMILES string of the molecule is O=S(=O)(NCC1(CCCl)CC1)c1ccc(F)c(F)c1. The minimum atomic E-state index is -3.81. The summed E-state index contributed by atoms with van der Waals surface area (Å²) >= 11 is 5.66. The van der Waals surface area contributed by atoms with Gasteiger partial charge in [-0.05, 0) is 42.9 Å².